The summed E-state index contributed by atoms with van der Waals surface area (Å²) in [5, 5.41) is 18.3. The average Bonchev–Trinajstić information content (AvgIpc) is 2.34. The van der Waals surface area contributed by atoms with Crippen molar-refractivity contribution in [2.75, 3.05) is 31.1 Å². The molecule has 0 fully saturated rings. The molecule has 1 aromatic rings. The number of rotatable bonds is 7. The zero-order chi connectivity index (χ0) is 12.7. The third-order valence-electron chi connectivity index (χ3n) is 2.45. The maximum Gasteiger partial charge on any atom is 0.125 e. The van der Waals surface area contributed by atoms with Gasteiger partial charge < -0.3 is 20.8 Å². The van der Waals surface area contributed by atoms with Gasteiger partial charge in [-0.3, -0.25) is 0 Å². The van der Waals surface area contributed by atoms with E-state index in [1.165, 1.54) is 12.1 Å². The van der Waals surface area contributed by atoms with Gasteiger partial charge >= 0.3 is 0 Å². The Bertz CT molecular complexity index is 336. The van der Waals surface area contributed by atoms with Crippen LogP contribution >= 0.6 is 0 Å². The number of hydrogen-bond donors (Lipinski definition) is 3. The van der Waals surface area contributed by atoms with Gasteiger partial charge in [0.1, 0.15) is 5.82 Å². The molecule has 0 aliphatic carbocycles. The molecule has 17 heavy (non-hydrogen) atoms. The van der Waals surface area contributed by atoms with E-state index in [4.69, 9.17) is 10.8 Å². The Kier molecular flexibility index (Phi) is 5.90. The summed E-state index contributed by atoms with van der Waals surface area (Å²) >= 11 is 0. The zero-order valence-corrected chi connectivity index (χ0v) is 9.72. The summed E-state index contributed by atoms with van der Waals surface area (Å²) in [7, 11) is 0. The van der Waals surface area contributed by atoms with Crippen LogP contribution in [0.1, 0.15) is 6.42 Å². The summed E-state index contributed by atoms with van der Waals surface area (Å²) in [6.45, 7) is 1.10. The smallest absolute Gasteiger partial charge is 0.125 e. The number of hydrogen-bond acceptors (Lipinski definition) is 4. The van der Waals surface area contributed by atoms with E-state index in [0.717, 1.165) is 6.42 Å². The van der Waals surface area contributed by atoms with Crippen LogP contribution < -0.4 is 10.6 Å². The number of aliphatic hydroxyl groups excluding tert-OH is 2. The minimum atomic E-state index is -0.837. The van der Waals surface area contributed by atoms with Crippen molar-refractivity contribution in [1.29, 1.82) is 0 Å². The first-order valence-corrected chi connectivity index (χ1v) is 5.67. The molecule has 0 aromatic heterocycles. The van der Waals surface area contributed by atoms with E-state index in [1.54, 1.807) is 12.1 Å². The highest BCUT2D eigenvalue weighted by Crippen LogP contribution is 2.16. The van der Waals surface area contributed by atoms with E-state index in [2.05, 4.69) is 0 Å². The van der Waals surface area contributed by atoms with Gasteiger partial charge in [0, 0.05) is 18.8 Å². The molecular weight excluding hydrogens is 223 g/mol. The van der Waals surface area contributed by atoms with E-state index in [0.29, 0.717) is 18.8 Å². The number of aliphatic hydroxyl groups is 2. The van der Waals surface area contributed by atoms with Gasteiger partial charge in [-0.25, -0.2) is 4.39 Å². The molecule has 0 amide bonds. The Balaban J connectivity index is 2.74. The van der Waals surface area contributed by atoms with Crippen LogP contribution in [0.4, 0.5) is 10.1 Å². The van der Waals surface area contributed by atoms with Gasteiger partial charge in [-0.05, 0) is 31.2 Å². The molecule has 5 heteroatoms. The summed E-state index contributed by atoms with van der Waals surface area (Å²) in [4.78, 5) is 1.82. The molecule has 1 unspecified atom stereocenters. The maximum absolute atomic E-state index is 13.1. The van der Waals surface area contributed by atoms with Crippen LogP contribution in [0.2, 0.25) is 0 Å². The molecule has 1 rings (SSSR count). The van der Waals surface area contributed by atoms with Crippen LogP contribution in [0, 0.1) is 5.82 Å². The van der Waals surface area contributed by atoms with Crippen LogP contribution in [0.3, 0.4) is 0 Å². The lowest BCUT2D eigenvalue weighted by atomic mass is 10.2. The minimum absolute atomic E-state index is 0.264. The maximum atomic E-state index is 13.1. The Morgan fingerprint density at radius 2 is 2.18 bits per heavy atom. The molecule has 0 aliphatic rings. The minimum Gasteiger partial charge on any atom is -0.394 e. The molecule has 0 aliphatic heterocycles. The van der Waals surface area contributed by atoms with Crippen LogP contribution in [0.25, 0.3) is 0 Å². The van der Waals surface area contributed by atoms with Gasteiger partial charge in [0.05, 0.1) is 12.7 Å². The molecule has 4 N–H and O–H groups in total. The number of halogens is 1. The fourth-order valence-corrected chi connectivity index (χ4v) is 1.59. The standard InChI is InChI=1S/C12H19FN2O2/c13-10-3-1-4-11(7-10)15(6-2-5-14)8-12(17)9-16/h1,3-4,7,12,16-17H,2,5-6,8-9,14H2. The Morgan fingerprint density at radius 3 is 2.76 bits per heavy atom. The topological polar surface area (TPSA) is 69.7 Å². The fourth-order valence-electron chi connectivity index (χ4n) is 1.59. The number of anilines is 1. The second-order valence-corrected chi connectivity index (χ2v) is 3.90. The van der Waals surface area contributed by atoms with Crippen molar-refractivity contribution in [3.63, 3.8) is 0 Å². The summed E-state index contributed by atoms with van der Waals surface area (Å²) in [6, 6.07) is 6.16. The van der Waals surface area contributed by atoms with E-state index < -0.39 is 6.10 Å². The van der Waals surface area contributed by atoms with Gasteiger partial charge in [0.25, 0.3) is 0 Å². The third kappa shape index (κ3) is 4.68. The monoisotopic (exact) mass is 242 g/mol. The largest absolute Gasteiger partial charge is 0.394 e. The van der Waals surface area contributed by atoms with Gasteiger partial charge in [-0.15, -0.1) is 0 Å². The molecule has 4 nitrogen and oxygen atoms in total. The summed E-state index contributed by atoms with van der Waals surface area (Å²) in [6.07, 6.45) is -0.0923. The lowest BCUT2D eigenvalue weighted by Crippen LogP contribution is -2.35. The second kappa shape index (κ2) is 7.21. The highest BCUT2D eigenvalue weighted by Gasteiger charge is 2.11. The van der Waals surface area contributed by atoms with E-state index in [1.807, 2.05) is 4.90 Å². The first kappa shape index (κ1) is 13.9. The normalized spacial score (nSPS) is 12.5. The van der Waals surface area contributed by atoms with Crippen molar-refractivity contribution < 1.29 is 14.6 Å². The van der Waals surface area contributed by atoms with E-state index in [-0.39, 0.29) is 19.0 Å². The Hall–Kier alpha value is -1.17. The number of benzene rings is 1. The first-order chi connectivity index (χ1) is 8.17. The Morgan fingerprint density at radius 1 is 1.41 bits per heavy atom. The molecule has 1 aromatic carbocycles. The van der Waals surface area contributed by atoms with Crippen molar-refractivity contribution in [1.82, 2.24) is 0 Å². The van der Waals surface area contributed by atoms with Crippen molar-refractivity contribution in [3.8, 4) is 0 Å². The van der Waals surface area contributed by atoms with Gasteiger partial charge in [-0.1, -0.05) is 6.07 Å². The summed E-state index contributed by atoms with van der Waals surface area (Å²) < 4.78 is 13.1. The van der Waals surface area contributed by atoms with Crippen LogP contribution in [-0.2, 0) is 0 Å². The van der Waals surface area contributed by atoms with Crippen LogP contribution in [-0.4, -0.2) is 42.6 Å². The SMILES string of the molecule is NCCCN(CC(O)CO)c1cccc(F)c1. The number of nitrogens with zero attached hydrogens (tertiary/aromatic N) is 1. The predicted molar refractivity (Wildman–Crippen MR) is 65.4 cm³/mol. The molecule has 0 saturated heterocycles. The predicted octanol–water partition coefficient (Wildman–Crippen LogP) is 0.334. The highest BCUT2D eigenvalue weighted by molar-refractivity contribution is 5.46. The van der Waals surface area contributed by atoms with Crippen molar-refractivity contribution >= 4 is 5.69 Å². The average molecular weight is 242 g/mol. The lowest BCUT2D eigenvalue weighted by Gasteiger charge is -2.26. The molecule has 0 heterocycles. The molecule has 0 spiro atoms. The van der Waals surface area contributed by atoms with Crippen molar-refractivity contribution in [3.05, 3.63) is 30.1 Å². The molecule has 0 radical (unpaired) electrons. The molecular formula is C12H19FN2O2. The second-order valence-electron chi connectivity index (χ2n) is 3.90. The summed E-state index contributed by atoms with van der Waals surface area (Å²) in [5.74, 6) is -0.321. The molecule has 0 saturated carbocycles. The lowest BCUT2D eigenvalue weighted by molar-refractivity contribution is 0.0998. The fraction of sp³-hybridized carbons (Fsp3) is 0.500. The van der Waals surface area contributed by atoms with Crippen LogP contribution in [0.5, 0.6) is 0 Å². The van der Waals surface area contributed by atoms with E-state index >= 15 is 0 Å². The van der Waals surface area contributed by atoms with Gasteiger partial charge in [0.15, 0.2) is 0 Å². The zero-order valence-electron chi connectivity index (χ0n) is 9.72. The van der Waals surface area contributed by atoms with Crippen molar-refractivity contribution in [2.45, 2.75) is 12.5 Å². The van der Waals surface area contributed by atoms with Gasteiger partial charge in [0.2, 0.25) is 0 Å². The third-order valence-corrected chi connectivity index (χ3v) is 2.45. The first-order valence-electron chi connectivity index (χ1n) is 5.67. The van der Waals surface area contributed by atoms with Crippen molar-refractivity contribution in [2.24, 2.45) is 5.73 Å². The molecule has 1 atom stereocenters. The van der Waals surface area contributed by atoms with E-state index in [9.17, 15) is 9.50 Å². The summed E-state index contributed by atoms with van der Waals surface area (Å²) in [5.41, 5.74) is 6.12. The quantitative estimate of drug-likeness (QED) is 0.644. The number of nitrogens with two attached hydrogens (primary N) is 1. The molecule has 0 bridgehead atoms. The Labute approximate surface area is 100 Å². The van der Waals surface area contributed by atoms with Gasteiger partial charge in [-0.2, -0.15) is 0 Å². The molecule has 96 valence electrons. The highest BCUT2D eigenvalue weighted by atomic mass is 19.1. The van der Waals surface area contributed by atoms with Crippen LogP contribution in [0.15, 0.2) is 24.3 Å².